The average molecular weight is 480 g/mol. The first-order valence-electron chi connectivity index (χ1n) is 9.01. The number of benzene rings is 1. The summed E-state index contributed by atoms with van der Waals surface area (Å²) in [5.74, 6) is 0.792. The Hall–Kier alpha value is -2.03. The quantitative estimate of drug-likeness (QED) is 0.299. The van der Waals surface area contributed by atoms with E-state index in [1.54, 1.807) is 7.05 Å². The number of nitrogens with one attached hydrogen (secondary N) is 2. The average Bonchev–Trinajstić information content (AvgIpc) is 3.26. The van der Waals surface area contributed by atoms with Crippen molar-refractivity contribution in [2.24, 2.45) is 12.0 Å². The lowest BCUT2D eigenvalue weighted by Crippen LogP contribution is -2.36. The van der Waals surface area contributed by atoms with E-state index in [1.807, 2.05) is 18.7 Å². The third-order valence-corrected chi connectivity index (χ3v) is 4.89. The molecule has 2 heterocycles. The van der Waals surface area contributed by atoms with Gasteiger partial charge in [-0.25, -0.2) is 0 Å². The fourth-order valence-electron chi connectivity index (χ4n) is 3.17. The molecular formula is C20H29IN6. The molecule has 146 valence electrons. The van der Waals surface area contributed by atoms with E-state index in [9.17, 15) is 0 Å². The van der Waals surface area contributed by atoms with Gasteiger partial charge >= 0.3 is 0 Å². The number of nitrogens with zero attached hydrogens (tertiary/aromatic N) is 4. The van der Waals surface area contributed by atoms with Crippen molar-refractivity contribution in [2.75, 3.05) is 25.0 Å². The second-order valence-corrected chi connectivity index (χ2v) is 6.60. The highest BCUT2D eigenvalue weighted by molar-refractivity contribution is 14.0. The molecule has 1 aromatic heterocycles. The van der Waals surface area contributed by atoms with Crippen molar-refractivity contribution in [3.63, 3.8) is 0 Å². The van der Waals surface area contributed by atoms with Crippen molar-refractivity contribution in [3.8, 4) is 0 Å². The smallest absolute Gasteiger partial charge is 0.191 e. The third-order valence-electron chi connectivity index (χ3n) is 4.89. The van der Waals surface area contributed by atoms with Gasteiger partial charge in [-0.15, -0.1) is 24.0 Å². The van der Waals surface area contributed by atoms with Crippen molar-refractivity contribution < 1.29 is 0 Å². The van der Waals surface area contributed by atoms with Crippen LogP contribution in [-0.4, -0.2) is 35.9 Å². The standard InChI is InChI=1S/C20H28N6.HI/c1-15-19(16(2)25(4)24-15)14-23-20(21-3)22-13-17-7-9-18(10-8-17)26-11-5-6-12-26;/h5-10H,11-14H2,1-4H3,(H2,21,22,23);1H. The molecule has 0 saturated carbocycles. The van der Waals surface area contributed by atoms with Crippen LogP contribution in [-0.2, 0) is 20.1 Å². The van der Waals surface area contributed by atoms with Gasteiger partial charge in [0.25, 0.3) is 0 Å². The predicted octanol–water partition coefficient (Wildman–Crippen LogP) is 2.90. The molecule has 3 rings (SSSR count). The lowest BCUT2D eigenvalue weighted by molar-refractivity contribution is 0.728. The van der Waals surface area contributed by atoms with E-state index < -0.39 is 0 Å². The molecule has 1 aliphatic heterocycles. The van der Waals surface area contributed by atoms with Gasteiger partial charge in [-0.1, -0.05) is 24.3 Å². The summed E-state index contributed by atoms with van der Waals surface area (Å²) in [6, 6.07) is 8.71. The van der Waals surface area contributed by atoms with Crippen LogP contribution in [0.4, 0.5) is 5.69 Å². The number of rotatable bonds is 5. The first-order valence-corrected chi connectivity index (χ1v) is 9.01. The van der Waals surface area contributed by atoms with Crippen LogP contribution < -0.4 is 15.5 Å². The molecule has 2 aromatic rings. The van der Waals surface area contributed by atoms with Gasteiger partial charge in [-0.05, 0) is 31.5 Å². The molecule has 0 fully saturated rings. The summed E-state index contributed by atoms with van der Waals surface area (Å²) < 4.78 is 1.92. The zero-order valence-electron chi connectivity index (χ0n) is 16.5. The summed E-state index contributed by atoms with van der Waals surface area (Å²) in [5, 5.41) is 11.2. The van der Waals surface area contributed by atoms with E-state index in [-0.39, 0.29) is 24.0 Å². The molecule has 0 bridgehead atoms. The van der Waals surface area contributed by atoms with Gasteiger partial charge in [-0.3, -0.25) is 9.67 Å². The van der Waals surface area contributed by atoms with Crippen LogP contribution in [0.1, 0.15) is 22.5 Å². The summed E-state index contributed by atoms with van der Waals surface area (Å²) >= 11 is 0. The largest absolute Gasteiger partial charge is 0.364 e. The minimum atomic E-state index is 0. The van der Waals surface area contributed by atoms with Crippen LogP contribution in [0.3, 0.4) is 0 Å². The number of aromatic nitrogens is 2. The van der Waals surface area contributed by atoms with Gasteiger partial charge in [0.2, 0.25) is 0 Å². The molecule has 2 N–H and O–H groups in total. The second kappa shape index (κ2) is 9.77. The van der Waals surface area contributed by atoms with Gasteiger partial charge in [0.1, 0.15) is 0 Å². The Morgan fingerprint density at radius 1 is 1.07 bits per heavy atom. The topological polar surface area (TPSA) is 57.5 Å². The molecule has 0 amide bonds. The maximum atomic E-state index is 4.46. The molecule has 0 aliphatic carbocycles. The predicted molar refractivity (Wildman–Crippen MR) is 123 cm³/mol. The molecule has 27 heavy (non-hydrogen) atoms. The van der Waals surface area contributed by atoms with E-state index in [0.717, 1.165) is 31.3 Å². The molecule has 0 unspecified atom stereocenters. The lowest BCUT2D eigenvalue weighted by atomic mass is 10.2. The minimum absolute atomic E-state index is 0. The number of guanidine groups is 1. The Labute approximate surface area is 178 Å². The molecule has 1 aromatic carbocycles. The van der Waals surface area contributed by atoms with Crippen molar-refractivity contribution in [1.29, 1.82) is 0 Å². The number of anilines is 1. The Bertz CT molecular complexity index is 799. The maximum absolute atomic E-state index is 4.46. The van der Waals surface area contributed by atoms with E-state index in [4.69, 9.17) is 0 Å². The third kappa shape index (κ3) is 5.24. The van der Waals surface area contributed by atoms with Crippen LogP contribution in [0, 0.1) is 13.8 Å². The normalized spacial score (nSPS) is 13.6. The molecule has 0 spiro atoms. The number of hydrogen-bond donors (Lipinski definition) is 2. The van der Waals surface area contributed by atoms with E-state index in [0.29, 0.717) is 6.54 Å². The van der Waals surface area contributed by atoms with Crippen molar-refractivity contribution in [2.45, 2.75) is 26.9 Å². The summed E-state index contributed by atoms with van der Waals surface area (Å²) in [5.41, 5.74) is 5.96. The maximum Gasteiger partial charge on any atom is 0.191 e. The van der Waals surface area contributed by atoms with Crippen LogP contribution in [0.2, 0.25) is 0 Å². The fraction of sp³-hybridized carbons (Fsp3) is 0.400. The molecule has 7 heteroatoms. The SMILES string of the molecule is CN=C(NCc1ccc(N2CC=CC2)cc1)NCc1c(C)nn(C)c1C.I. The number of aryl methyl sites for hydroxylation is 2. The molecule has 0 saturated heterocycles. The first kappa shape index (κ1) is 21.3. The zero-order chi connectivity index (χ0) is 18.5. The fourth-order valence-corrected chi connectivity index (χ4v) is 3.17. The summed E-state index contributed by atoms with van der Waals surface area (Å²) in [6.45, 7) is 7.58. The van der Waals surface area contributed by atoms with Gasteiger partial charge in [0.15, 0.2) is 5.96 Å². The molecule has 1 aliphatic rings. The second-order valence-electron chi connectivity index (χ2n) is 6.60. The number of halogens is 1. The van der Waals surface area contributed by atoms with Crippen molar-refractivity contribution in [1.82, 2.24) is 20.4 Å². The van der Waals surface area contributed by atoms with Crippen LogP contribution in [0.25, 0.3) is 0 Å². The van der Waals surface area contributed by atoms with Crippen LogP contribution in [0.5, 0.6) is 0 Å². The lowest BCUT2D eigenvalue weighted by Gasteiger charge is -2.18. The van der Waals surface area contributed by atoms with Gasteiger partial charge in [0, 0.05) is 57.2 Å². The summed E-state index contributed by atoms with van der Waals surface area (Å²) in [4.78, 5) is 6.66. The van der Waals surface area contributed by atoms with Gasteiger partial charge < -0.3 is 15.5 Å². The molecule has 0 atom stereocenters. The zero-order valence-corrected chi connectivity index (χ0v) is 18.8. The van der Waals surface area contributed by atoms with Crippen molar-refractivity contribution in [3.05, 3.63) is 58.9 Å². The van der Waals surface area contributed by atoms with Crippen LogP contribution >= 0.6 is 24.0 Å². The van der Waals surface area contributed by atoms with E-state index in [2.05, 4.69) is 69.0 Å². The summed E-state index contributed by atoms with van der Waals surface area (Å²) in [6.07, 6.45) is 4.41. The Morgan fingerprint density at radius 2 is 1.70 bits per heavy atom. The monoisotopic (exact) mass is 480 g/mol. The Morgan fingerprint density at radius 3 is 2.26 bits per heavy atom. The molecular weight excluding hydrogens is 451 g/mol. The van der Waals surface area contributed by atoms with E-state index >= 15 is 0 Å². The highest BCUT2D eigenvalue weighted by Crippen LogP contribution is 2.17. The Kier molecular flexibility index (Phi) is 7.70. The number of aliphatic imine (C=N–C) groups is 1. The highest BCUT2D eigenvalue weighted by atomic mass is 127. The van der Waals surface area contributed by atoms with Gasteiger partial charge in [-0.2, -0.15) is 5.10 Å². The minimum Gasteiger partial charge on any atom is -0.364 e. The van der Waals surface area contributed by atoms with Crippen molar-refractivity contribution >= 4 is 35.6 Å². The van der Waals surface area contributed by atoms with Crippen LogP contribution in [0.15, 0.2) is 41.4 Å². The number of hydrogen-bond acceptors (Lipinski definition) is 3. The summed E-state index contributed by atoms with van der Waals surface area (Å²) in [7, 11) is 3.77. The Balaban J connectivity index is 0.00000261. The highest BCUT2D eigenvalue weighted by Gasteiger charge is 2.10. The van der Waals surface area contributed by atoms with Gasteiger partial charge in [0.05, 0.1) is 5.69 Å². The molecule has 0 radical (unpaired) electrons. The molecule has 6 nitrogen and oxygen atoms in total. The van der Waals surface area contributed by atoms with E-state index in [1.165, 1.54) is 22.5 Å². The first-order chi connectivity index (χ1) is 12.6.